The summed E-state index contributed by atoms with van der Waals surface area (Å²) < 4.78 is 55.3. The molecule has 0 unspecified atom stereocenters. The highest BCUT2D eigenvalue weighted by Gasteiger charge is 2.34. The Morgan fingerprint density at radius 3 is 1.75 bits per heavy atom. The van der Waals surface area contributed by atoms with Gasteiger partial charge in [-0.1, -0.05) is 54.6 Å². The Kier molecular flexibility index (Phi) is 5.78. The number of alkyl halides is 3. The molecule has 0 amide bonds. The van der Waals surface area contributed by atoms with Gasteiger partial charge in [0.15, 0.2) is 0 Å². The molecule has 3 aromatic rings. The maximum absolute atomic E-state index is 13.3. The SMILES string of the molecule is CCOc1ccccc1-c1cccc(-c2ccccc2OC)c1OC(F)(F)F. The summed E-state index contributed by atoms with van der Waals surface area (Å²) in [4.78, 5) is 0. The molecule has 0 aromatic heterocycles. The lowest BCUT2D eigenvalue weighted by Gasteiger charge is -2.20. The first-order valence-corrected chi connectivity index (χ1v) is 8.69. The lowest BCUT2D eigenvalue weighted by Crippen LogP contribution is -2.18. The number of halogens is 3. The van der Waals surface area contributed by atoms with Gasteiger partial charge in [-0.3, -0.25) is 0 Å². The lowest BCUT2D eigenvalue weighted by molar-refractivity contribution is -0.274. The van der Waals surface area contributed by atoms with Gasteiger partial charge in [0, 0.05) is 22.3 Å². The third-order valence-corrected chi connectivity index (χ3v) is 4.11. The van der Waals surface area contributed by atoms with E-state index in [0.717, 1.165) is 0 Å². The Hall–Kier alpha value is -3.15. The number of para-hydroxylation sites is 3. The van der Waals surface area contributed by atoms with Crippen molar-refractivity contribution >= 4 is 0 Å². The van der Waals surface area contributed by atoms with Gasteiger partial charge in [0.05, 0.1) is 13.7 Å². The van der Waals surface area contributed by atoms with E-state index in [1.807, 2.05) is 6.92 Å². The standard InChI is InChI=1S/C22H19F3O3/c1-3-27-20-14-7-5-10-16(20)18-12-8-11-17(21(18)28-22(23,24)25)15-9-4-6-13-19(15)26-2/h4-14H,3H2,1-2H3. The van der Waals surface area contributed by atoms with Gasteiger partial charge >= 0.3 is 6.36 Å². The highest BCUT2D eigenvalue weighted by Crippen LogP contribution is 2.46. The van der Waals surface area contributed by atoms with Crippen molar-refractivity contribution in [1.29, 1.82) is 0 Å². The average Bonchev–Trinajstić information content (AvgIpc) is 2.68. The summed E-state index contributed by atoms with van der Waals surface area (Å²) in [6, 6.07) is 18.6. The van der Waals surface area contributed by atoms with Crippen molar-refractivity contribution in [3.63, 3.8) is 0 Å². The van der Waals surface area contributed by atoms with Gasteiger partial charge < -0.3 is 14.2 Å². The Morgan fingerprint density at radius 2 is 1.21 bits per heavy atom. The molecule has 3 rings (SSSR count). The maximum atomic E-state index is 13.3. The molecule has 0 heterocycles. The van der Waals surface area contributed by atoms with Crippen molar-refractivity contribution in [2.45, 2.75) is 13.3 Å². The molecule has 0 aliphatic rings. The molecule has 0 N–H and O–H groups in total. The predicted octanol–water partition coefficient (Wildman–Crippen LogP) is 6.33. The molecule has 0 radical (unpaired) electrons. The van der Waals surface area contributed by atoms with E-state index in [2.05, 4.69) is 4.74 Å². The molecule has 3 nitrogen and oxygen atoms in total. The molecule has 28 heavy (non-hydrogen) atoms. The predicted molar refractivity (Wildman–Crippen MR) is 102 cm³/mol. The summed E-state index contributed by atoms with van der Waals surface area (Å²) >= 11 is 0. The van der Waals surface area contributed by atoms with Crippen molar-refractivity contribution in [1.82, 2.24) is 0 Å². The number of methoxy groups -OCH3 is 1. The number of ether oxygens (including phenoxy) is 3. The summed E-state index contributed by atoms with van der Waals surface area (Å²) in [5.41, 5.74) is 1.57. The molecular weight excluding hydrogens is 369 g/mol. The van der Waals surface area contributed by atoms with E-state index in [9.17, 15) is 13.2 Å². The molecule has 6 heteroatoms. The maximum Gasteiger partial charge on any atom is 0.573 e. The summed E-state index contributed by atoms with van der Waals surface area (Å²) in [5.74, 6) is 0.630. The van der Waals surface area contributed by atoms with Crippen LogP contribution in [0.15, 0.2) is 66.7 Å². The first-order valence-electron chi connectivity index (χ1n) is 8.69. The van der Waals surface area contributed by atoms with Crippen LogP contribution in [-0.4, -0.2) is 20.1 Å². The van der Waals surface area contributed by atoms with Crippen molar-refractivity contribution in [2.75, 3.05) is 13.7 Å². The van der Waals surface area contributed by atoms with Gasteiger partial charge in [-0.2, -0.15) is 0 Å². The van der Waals surface area contributed by atoms with Crippen LogP contribution in [0.3, 0.4) is 0 Å². The van der Waals surface area contributed by atoms with E-state index in [1.165, 1.54) is 7.11 Å². The lowest BCUT2D eigenvalue weighted by atomic mass is 9.96. The molecule has 3 aromatic carbocycles. The Morgan fingerprint density at radius 1 is 0.714 bits per heavy atom. The molecule has 0 bridgehead atoms. The fourth-order valence-corrected chi connectivity index (χ4v) is 3.02. The van der Waals surface area contributed by atoms with E-state index < -0.39 is 6.36 Å². The average molecular weight is 388 g/mol. The van der Waals surface area contributed by atoms with E-state index >= 15 is 0 Å². The van der Waals surface area contributed by atoms with Crippen LogP contribution in [-0.2, 0) is 0 Å². The van der Waals surface area contributed by atoms with Gasteiger partial charge in [-0.05, 0) is 19.1 Å². The minimum absolute atomic E-state index is 0.276. The summed E-state index contributed by atoms with van der Waals surface area (Å²) in [6.45, 7) is 2.20. The van der Waals surface area contributed by atoms with E-state index in [-0.39, 0.29) is 16.9 Å². The fourth-order valence-electron chi connectivity index (χ4n) is 3.02. The molecule has 0 aliphatic carbocycles. The molecule has 0 spiro atoms. The van der Waals surface area contributed by atoms with Crippen LogP contribution >= 0.6 is 0 Å². The monoisotopic (exact) mass is 388 g/mol. The minimum Gasteiger partial charge on any atom is -0.496 e. The summed E-state index contributed by atoms with van der Waals surface area (Å²) in [7, 11) is 1.47. The fraction of sp³-hybridized carbons (Fsp3) is 0.182. The zero-order chi connectivity index (χ0) is 20.1. The molecule has 0 saturated carbocycles. The molecular formula is C22H19F3O3. The molecule has 0 fully saturated rings. The van der Waals surface area contributed by atoms with Crippen molar-refractivity contribution in [3.05, 3.63) is 66.7 Å². The zero-order valence-corrected chi connectivity index (χ0v) is 15.4. The highest BCUT2D eigenvalue weighted by molar-refractivity contribution is 5.86. The minimum atomic E-state index is -4.85. The Balaban J connectivity index is 2.28. The van der Waals surface area contributed by atoms with Crippen LogP contribution in [0, 0.1) is 0 Å². The number of hydrogen-bond donors (Lipinski definition) is 0. The topological polar surface area (TPSA) is 27.7 Å². The first kappa shape index (κ1) is 19.6. The van der Waals surface area contributed by atoms with Crippen LogP contribution in [0.5, 0.6) is 17.2 Å². The van der Waals surface area contributed by atoms with Crippen LogP contribution in [0.25, 0.3) is 22.3 Å². The van der Waals surface area contributed by atoms with Crippen molar-refractivity contribution < 1.29 is 27.4 Å². The van der Waals surface area contributed by atoms with Crippen LogP contribution in [0.4, 0.5) is 13.2 Å². The van der Waals surface area contributed by atoms with Gasteiger partial charge in [0.2, 0.25) is 0 Å². The second-order valence-corrected chi connectivity index (χ2v) is 5.86. The number of benzene rings is 3. The first-order chi connectivity index (χ1) is 13.4. The van der Waals surface area contributed by atoms with Crippen LogP contribution in [0.1, 0.15) is 6.92 Å². The third kappa shape index (κ3) is 4.22. The molecule has 146 valence electrons. The van der Waals surface area contributed by atoms with E-state index in [4.69, 9.17) is 9.47 Å². The molecule has 0 saturated heterocycles. The summed E-state index contributed by atoms with van der Waals surface area (Å²) in [5, 5.41) is 0. The molecule has 0 atom stereocenters. The summed E-state index contributed by atoms with van der Waals surface area (Å²) in [6.07, 6.45) is -4.85. The second kappa shape index (κ2) is 8.25. The van der Waals surface area contributed by atoms with Gasteiger partial charge in [0.1, 0.15) is 17.2 Å². The van der Waals surface area contributed by atoms with Gasteiger partial charge in [0.25, 0.3) is 0 Å². The largest absolute Gasteiger partial charge is 0.573 e. The smallest absolute Gasteiger partial charge is 0.496 e. The third-order valence-electron chi connectivity index (χ3n) is 4.11. The number of rotatable bonds is 6. The Labute approximate surface area is 161 Å². The number of hydrogen-bond acceptors (Lipinski definition) is 3. The van der Waals surface area contributed by atoms with E-state index in [0.29, 0.717) is 29.2 Å². The Bertz CT molecular complexity index is 952. The van der Waals surface area contributed by atoms with Gasteiger partial charge in [-0.25, -0.2) is 0 Å². The molecule has 0 aliphatic heterocycles. The van der Waals surface area contributed by atoms with Crippen molar-refractivity contribution in [2.24, 2.45) is 0 Å². The highest BCUT2D eigenvalue weighted by atomic mass is 19.4. The van der Waals surface area contributed by atoms with Crippen molar-refractivity contribution in [3.8, 4) is 39.5 Å². The normalized spacial score (nSPS) is 11.2. The van der Waals surface area contributed by atoms with E-state index in [1.54, 1.807) is 66.7 Å². The zero-order valence-electron chi connectivity index (χ0n) is 15.4. The van der Waals surface area contributed by atoms with Crippen LogP contribution in [0.2, 0.25) is 0 Å². The van der Waals surface area contributed by atoms with Gasteiger partial charge in [-0.15, -0.1) is 13.2 Å². The van der Waals surface area contributed by atoms with Crippen LogP contribution < -0.4 is 14.2 Å². The second-order valence-electron chi connectivity index (χ2n) is 5.86. The quantitative estimate of drug-likeness (QED) is 0.494.